The number of benzene rings is 3. The molecular formula is C24H20F2O5. The van der Waals surface area contributed by atoms with Crippen molar-refractivity contribution in [1.82, 2.24) is 0 Å². The number of hydrogen-bond acceptors (Lipinski definition) is 4. The number of carbonyl (C=O) groups excluding carboxylic acids is 1. The molecular weight excluding hydrogens is 406 g/mol. The van der Waals surface area contributed by atoms with Gasteiger partial charge in [-0.1, -0.05) is 12.1 Å². The maximum atomic E-state index is 14.2. The quantitative estimate of drug-likeness (QED) is 0.454. The van der Waals surface area contributed by atoms with Gasteiger partial charge in [0.15, 0.2) is 23.2 Å². The largest absolute Gasteiger partial charge is 0.483 e. The van der Waals surface area contributed by atoms with E-state index in [0.29, 0.717) is 22.6 Å². The van der Waals surface area contributed by atoms with Crippen molar-refractivity contribution >= 4 is 11.8 Å². The zero-order chi connectivity index (χ0) is 22.4. The number of ketones is 1. The van der Waals surface area contributed by atoms with Crippen LogP contribution in [0.15, 0.2) is 60.7 Å². The highest BCUT2D eigenvalue weighted by Crippen LogP contribution is 2.27. The Kier molecular flexibility index (Phi) is 6.97. The Morgan fingerprint density at radius 1 is 0.903 bits per heavy atom. The van der Waals surface area contributed by atoms with E-state index in [1.165, 1.54) is 6.92 Å². The third-order valence-corrected chi connectivity index (χ3v) is 4.46. The maximum Gasteiger partial charge on any atom is 0.303 e. The molecule has 0 radical (unpaired) electrons. The lowest BCUT2D eigenvalue weighted by Gasteiger charge is -2.11. The van der Waals surface area contributed by atoms with Gasteiger partial charge in [0.2, 0.25) is 0 Å². The Hall–Kier alpha value is -3.74. The molecule has 0 unspecified atom stereocenters. The minimum absolute atomic E-state index is 0.0240. The highest BCUT2D eigenvalue weighted by molar-refractivity contribution is 5.94. The van der Waals surface area contributed by atoms with E-state index < -0.39 is 23.4 Å². The van der Waals surface area contributed by atoms with E-state index in [1.807, 2.05) is 0 Å². The number of halogens is 2. The summed E-state index contributed by atoms with van der Waals surface area (Å²) in [6.45, 7) is 1.39. The lowest BCUT2D eigenvalue weighted by molar-refractivity contribution is -0.136. The summed E-state index contributed by atoms with van der Waals surface area (Å²) >= 11 is 0. The van der Waals surface area contributed by atoms with Crippen molar-refractivity contribution in [3.8, 4) is 17.2 Å². The molecule has 0 amide bonds. The van der Waals surface area contributed by atoms with Gasteiger partial charge in [0, 0.05) is 12.0 Å². The average Bonchev–Trinajstić information content (AvgIpc) is 2.72. The Balaban J connectivity index is 1.66. The van der Waals surface area contributed by atoms with Gasteiger partial charge in [-0.25, -0.2) is 8.78 Å². The number of rotatable bonds is 9. The molecule has 0 bridgehead atoms. The monoisotopic (exact) mass is 426 g/mol. The van der Waals surface area contributed by atoms with E-state index in [1.54, 1.807) is 48.5 Å². The smallest absolute Gasteiger partial charge is 0.303 e. The summed E-state index contributed by atoms with van der Waals surface area (Å²) in [7, 11) is 0. The summed E-state index contributed by atoms with van der Waals surface area (Å²) in [5, 5.41) is 8.69. The molecule has 0 aliphatic heterocycles. The Morgan fingerprint density at radius 3 is 2.19 bits per heavy atom. The molecule has 160 valence electrons. The molecule has 0 saturated heterocycles. The van der Waals surface area contributed by atoms with Crippen molar-refractivity contribution in [2.45, 2.75) is 26.4 Å². The van der Waals surface area contributed by atoms with Crippen molar-refractivity contribution in [2.75, 3.05) is 0 Å². The van der Waals surface area contributed by atoms with Crippen LogP contribution in [0.25, 0.3) is 0 Å². The first-order valence-corrected chi connectivity index (χ1v) is 9.52. The molecule has 0 spiro atoms. The molecule has 3 aromatic rings. The van der Waals surface area contributed by atoms with Crippen LogP contribution < -0.4 is 9.47 Å². The van der Waals surface area contributed by atoms with Crippen LogP contribution in [0.1, 0.15) is 34.8 Å². The Labute approximate surface area is 177 Å². The van der Waals surface area contributed by atoms with Gasteiger partial charge in [-0.2, -0.15) is 0 Å². The third kappa shape index (κ3) is 6.12. The van der Waals surface area contributed by atoms with Crippen LogP contribution in [-0.4, -0.2) is 16.9 Å². The summed E-state index contributed by atoms with van der Waals surface area (Å²) in [6, 6.07) is 15.7. The second-order valence-corrected chi connectivity index (χ2v) is 6.90. The summed E-state index contributed by atoms with van der Waals surface area (Å²) in [6.07, 6.45) is -0.195. The van der Waals surface area contributed by atoms with Gasteiger partial charge in [0.1, 0.15) is 18.1 Å². The fourth-order valence-corrected chi connectivity index (χ4v) is 2.89. The zero-order valence-corrected chi connectivity index (χ0v) is 16.7. The number of aryl methyl sites for hydroxylation is 1. The molecule has 0 aromatic heterocycles. The van der Waals surface area contributed by atoms with Crippen molar-refractivity contribution in [2.24, 2.45) is 0 Å². The lowest BCUT2D eigenvalue weighted by Crippen LogP contribution is -2.03. The van der Waals surface area contributed by atoms with Gasteiger partial charge >= 0.3 is 5.97 Å². The number of carbonyl (C=O) groups is 2. The molecule has 0 heterocycles. The summed E-state index contributed by atoms with van der Waals surface area (Å²) in [5.74, 6) is -2.35. The second kappa shape index (κ2) is 9.84. The fraction of sp³-hybridized carbons (Fsp3) is 0.167. The van der Waals surface area contributed by atoms with E-state index in [-0.39, 0.29) is 30.8 Å². The first kappa shape index (κ1) is 22.0. The summed E-state index contributed by atoms with van der Waals surface area (Å²) < 4.78 is 39.5. The first-order valence-electron chi connectivity index (χ1n) is 9.52. The van der Waals surface area contributed by atoms with Crippen molar-refractivity contribution < 1.29 is 33.0 Å². The molecule has 3 aromatic carbocycles. The molecule has 5 nitrogen and oxygen atoms in total. The Bertz CT molecular complexity index is 1070. The van der Waals surface area contributed by atoms with Crippen LogP contribution >= 0.6 is 0 Å². The topological polar surface area (TPSA) is 72.8 Å². The van der Waals surface area contributed by atoms with Crippen molar-refractivity contribution in [3.05, 3.63) is 89.0 Å². The molecule has 0 aliphatic carbocycles. The molecule has 7 heteroatoms. The van der Waals surface area contributed by atoms with Gasteiger partial charge in [-0.05, 0) is 73.0 Å². The number of carboxylic acid groups (broad SMARTS) is 1. The highest BCUT2D eigenvalue weighted by atomic mass is 19.1. The van der Waals surface area contributed by atoms with Gasteiger partial charge < -0.3 is 14.6 Å². The van der Waals surface area contributed by atoms with Crippen LogP contribution in [0, 0.1) is 11.6 Å². The number of hydrogen-bond donors (Lipinski definition) is 1. The van der Waals surface area contributed by atoms with E-state index in [9.17, 15) is 18.4 Å². The van der Waals surface area contributed by atoms with E-state index in [2.05, 4.69) is 0 Å². The Morgan fingerprint density at radius 2 is 1.58 bits per heavy atom. The van der Waals surface area contributed by atoms with Crippen molar-refractivity contribution in [3.63, 3.8) is 0 Å². The SMILES string of the molecule is CC(=O)c1ccc(Oc2cccc(COc3c(F)cc(CCC(=O)O)cc3F)c2)cc1. The predicted octanol–water partition coefficient (Wildman–Crippen LogP) is 5.56. The van der Waals surface area contributed by atoms with Gasteiger partial charge in [0.05, 0.1) is 0 Å². The molecule has 3 rings (SSSR count). The lowest BCUT2D eigenvalue weighted by atomic mass is 10.1. The molecule has 0 fully saturated rings. The normalized spacial score (nSPS) is 10.5. The molecule has 0 atom stereocenters. The van der Waals surface area contributed by atoms with Crippen LogP contribution in [0.4, 0.5) is 8.78 Å². The van der Waals surface area contributed by atoms with Gasteiger partial charge in [0.25, 0.3) is 0 Å². The highest BCUT2D eigenvalue weighted by Gasteiger charge is 2.14. The summed E-state index contributed by atoms with van der Waals surface area (Å²) in [4.78, 5) is 22.0. The van der Waals surface area contributed by atoms with Gasteiger partial charge in [-0.3, -0.25) is 9.59 Å². The first-order chi connectivity index (χ1) is 14.8. The fourth-order valence-electron chi connectivity index (χ4n) is 2.89. The minimum atomic E-state index is -1.04. The van der Waals surface area contributed by atoms with Crippen LogP contribution in [-0.2, 0) is 17.8 Å². The number of Topliss-reactive ketones (excluding diaryl/α,β-unsaturated/α-hetero) is 1. The van der Waals surface area contributed by atoms with Crippen LogP contribution in [0.3, 0.4) is 0 Å². The number of aliphatic carboxylic acids is 1. The number of ether oxygens (including phenoxy) is 2. The van der Waals surface area contributed by atoms with Crippen LogP contribution in [0.2, 0.25) is 0 Å². The summed E-state index contributed by atoms with van der Waals surface area (Å²) in [5.41, 5.74) is 1.45. The average molecular weight is 426 g/mol. The molecule has 31 heavy (non-hydrogen) atoms. The van der Waals surface area contributed by atoms with E-state index in [4.69, 9.17) is 14.6 Å². The maximum absolute atomic E-state index is 14.2. The van der Waals surface area contributed by atoms with Gasteiger partial charge in [-0.15, -0.1) is 0 Å². The predicted molar refractivity (Wildman–Crippen MR) is 110 cm³/mol. The zero-order valence-electron chi connectivity index (χ0n) is 16.7. The molecule has 0 saturated carbocycles. The van der Waals surface area contributed by atoms with E-state index >= 15 is 0 Å². The standard InChI is InChI=1S/C24H20F2O5/c1-15(27)18-6-8-19(9-7-18)31-20-4-2-3-17(11-20)14-30-24-21(25)12-16(13-22(24)26)5-10-23(28)29/h2-4,6-9,11-13H,5,10,14H2,1H3,(H,28,29). The molecule has 0 aliphatic rings. The van der Waals surface area contributed by atoms with Crippen LogP contribution in [0.5, 0.6) is 17.2 Å². The van der Waals surface area contributed by atoms with E-state index in [0.717, 1.165) is 12.1 Å². The minimum Gasteiger partial charge on any atom is -0.483 e. The third-order valence-electron chi connectivity index (χ3n) is 4.46. The van der Waals surface area contributed by atoms with Crippen molar-refractivity contribution in [1.29, 1.82) is 0 Å². The number of carboxylic acids is 1. The molecule has 1 N–H and O–H groups in total. The second-order valence-electron chi connectivity index (χ2n) is 6.90.